The van der Waals surface area contributed by atoms with E-state index in [-0.39, 0.29) is 16.8 Å². The number of carbonyl (C=O) groups is 1. The molecule has 1 amide bonds. The van der Waals surface area contributed by atoms with E-state index in [9.17, 15) is 13.2 Å². The first-order valence-electron chi connectivity index (χ1n) is 8.87. The number of aryl methyl sites for hydroxylation is 1. The lowest BCUT2D eigenvalue weighted by Gasteiger charge is -2.10. The smallest absolute Gasteiger partial charge is 0.240 e. The Morgan fingerprint density at radius 2 is 1.89 bits per heavy atom. The summed E-state index contributed by atoms with van der Waals surface area (Å²) in [5.74, 6) is 0.576. The summed E-state index contributed by atoms with van der Waals surface area (Å²) in [6, 6.07) is 12.0. The minimum absolute atomic E-state index is 0.0633. The molecule has 2 aromatic rings. The highest BCUT2D eigenvalue weighted by Gasteiger charge is 2.27. The van der Waals surface area contributed by atoms with Crippen LogP contribution >= 0.6 is 15.9 Å². The molecule has 0 atom stereocenters. The van der Waals surface area contributed by atoms with Crippen LogP contribution < -0.4 is 20.3 Å². The molecule has 1 aliphatic rings. The molecule has 3 N–H and O–H groups in total. The van der Waals surface area contributed by atoms with Crippen LogP contribution in [0.5, 0.6) is 5.75 Å². The second kappa shape index (κ2) is 8.93. The summed E-state index contributed by atoms with van der Waals surface area (Å²) in [7, 11) is -1.87. The first kappa shape index (κ1) is 20.6. The van der Waals surface area contributed by atoms with E-state index in [0.717, 1.165) is 28.6 Å². The lowest BCUT2D eigenvalue weighted by Crippen LogP contribution is -2.29. The Bertz CT molecular complexity index is 944. The fraction of sp³-hybridized carbons (Fsp3) is 0.316. The molecule has 0 radical (unpaired) electrons. The molecule has 0 heterocycles. The number of benzene rings is 2. The maximum atomic E-state index is 12.1. The number of carbonyl (C=O) groups excluding carboxylic acids is 1. The van der Waals surface area contributed by atoms with Crippen LogP contribution in [0.25, 0.3) is 0 Å². The van der Waals surface area contributed by atoms with Gasteiger partial charge in [-0.15, -0.1) is 0 Å². The number of hydrazine groups is 1. The van der Waals surface area contributed by atoms with Crippen LogP contribution in [0, 0.1) is 0 Å². The molecule has 28 heavy (non-hydrogen) atoms. The first-order chi connectivity index (χ1) is 13.4. The molecule has 3 rings (SSSR count). The van der Waals surface area contributed by atoms with E-state index >= 15 is 0 Å². The van der Waals surface area contributed by atoms with Crippen molar-refractivity contribution in [2.75, 3.05) is 12.5 Å². The van der Waals surface area contributed by atoms with Crippen molar-refractivity contribution in [2.45, 2.75) is 36.6 Å². The maximum absolute atomic E-state index is 12.1. The fourth-order valence-corrected chi connectivity index (χ4v) is 4.43. The average Bonchev–Trinajstić information content (AvgIpc) is 3.48. The number of anilines is 1. The van der Waals surface area contributed by atoms with Crippen molar-refractivity contribution in [3.8, 4) is 5.75 Å². The molecule has 1 fully saturated rings. The van der Waals surface area contributed by atoms with Gasteiger partial charge in [0.2, 0.25) is 15.9 Å². The van der Waals surface area contributed by atoms with Gasteiger partial charge in [-0.25, -0.2) is 13.1 Å². The zero-order valence-electron chi connectivity index (χ0n) is 15.4. The molecule has 0 saturated heterocycles. The summed E-state index contributed by atoms with van der Waals surface area (Å²) in [5, 5.41) is 0. The van der Waals surface area contributed by atoms with Gasteiger partial charge in [0, 0.05) is 12.5 Å². The first-order valence-corrected chi connectivity index (χ1v) is 11.1. The average molecular weight is 468 g/mol. The Hall–Kier alpha value is -2.10. The van der Waals surface area contributed by atoms with E-state index in [1.807, 2.05) is 18.2 Å². The second-order valence-electron chi connectivity index (χ2n) is 6.56. The summed E-state index contributed by atoms with van der Waals surface area (Å²) in [6.45, 7) is 0. The van der Waals surface area contributed by atoms with Crippen LogP contribution in [-0.4, -0.2) is 27.5 Å². The molecule has 9 heteroatoms. The van der Waals surface area contributed by atoms with Gasteiger partial charge in [0.1, 0.15) is 5.75 Å². The molecule has 0 aromatic heterocycles. The predicted molar refractivity (Wildman–Crippen MR) is 111 cm³/mol. The van der Waals surface area contributed by atoms with Crippen molar-refractivity contribution in [3.05, 3.63) is 52.5 Å². The van der Waals surface area contributed by atoms with Gasteiger partial charge >= 0.3 is 0 Å². The highest BCUT2D eigenvalue weighted by molar-refractivity contribution is 9.10. The van der Waals surface area contributed by atoms with E-state index in [1.54, 1.807) is 19.2 Å². The van der Waals surface area contributed by atoms with Gasteiger partial charge < -0.3 is 4.74 Å². The van der Waals surface area contributed by atoms with Gasteiger partial charge in [0.15, 0.2) is 0 Å². The quantitative estimate of drug-likeness (QED) is 0.492. The Balaban J connectivity index is 1.47. The molecular formula is C19H22BrN3O4S. The van der Waals surface area contributed by atoms with Crippen molar-refractivity contribution in [2.24, 2.45) is 0 Å². The largest absolute Gasteiger partial charge is 0.496 e. The lowest BCUT2D eigenvalue weighted by atomic mass is 10.1. The molecular weight excluding hydrogens is 446 g/mol. The van der Waals surface area contributed by atoms with Gasteiger partial charge in [0.25, 0.3) is 0 Å². The van der Waals surface area contributed by atoms with Crippen molar-refractivity contribution in [1.82, 2.24) is 10.1 Å². The number of sulfonamides is 1. The molecule has 1 saturated carbocycles. The van der Waals surface area contributed by atoms with Crippen LogP contribution in [0.2, 0.25) is 0 Å². The molecule has 0 unspecified atom stereocenters. The highest BCUT2D eigenvalue weighted by Crippen LogP contribution is 2.26. The van der Waals surface area contributed by atoms with Crippen LogP contribution in [0.3, 0.4) is 0 Å². The molecule has 7 nitrogen and oxygen atoms in total. The SMILES string of the molecule is COc1ccc(CCC(=O)NNc2ccc(S(=O)(=O)NC3CC3)cc2)cc1Br. The van der Waals surface area contributed by atoms with Gasteiger partial charge in [-0.1, -0.05) is 6.07 Å². The summed E-state index contributed by atoms with van der Waals surface area (Å²) < 4.78 is 32.9. The summed E-state index contributed by atoms with van der Waals surface area (Å²) in [5.41, 5.74) is 7.03. The summed E-state index contributed by atoms with van der Waals surface area (Å²) in [4.78, 5) is 12.2. The van der Waals surface area contributed by atoms with Crippen molar-refractivity contribution < 1.29 is 17.9 Å². The number of hydrogen-bond acceptors (Lipinski definition) is 5. The van der Waals surface area contributed by atoms with E-state index in [4.69, 9.17) is 4.74 Å². The van der Waals surface area contributed by atoms with Gasteiger partial charge in [-0.2, -0.15) is 0 Å². The van der Waals surface area contributed by atoms with Crippen LogP contribution in [0.15, 0.2) is 51.8 Å². The van der Waals surface area contributed by atoms with Crippen LogP contribution in [0.4, 0.5) is 5.69 Å². The number of halogens is 1. The number of rotatable bonds is 9. The Labute approximate surface area is 173 Å². The van der Waals surface area contributed by atoms with Crippen molar-refractivity contribution >= 4 is 37.5 Å². The predicted octanol–water partition coefficient (Wildman–Crippen LogP) is 2.97. The van der Waals surface area contributed by atoms with Crippen LogP contribution in [0.1, 0.15) is 24.8 Å². The van der Waals surface area contributed by atoms with Gasteiger partial charge in [0.05, 0.1) is 22.2 Å². The third-order valence-electron chi connectivity index (χ3n) is 4.27. The van der Waals surface area contributed by atoms with E-state index in [2.05, 4.69) is 31.5 Å². The topological polar surface area (TPSA) is 96.5 Å². The zero-order chi connectivity index (χ0) is 20.1. The molecule has 150 valence electrons. The maximum Gasteiger partial charge on any atom is 0.240 e. The number of ether oxygens (including phenoxy) is 1. The van der Waals surface area contributed by atoms with Crippen molar-refractivity contribution in [3.63, 3.8) is 0 Å². The van der Waals surface area contributed by atoms with E-state index < -0.39 is 10.0 Å². The number of nitrogens with one attached hydrogen (secondary N) is 3. The summed E-state index contributed by atoms with van der Waals surface area (Å²) in [6.07, 6.45) is 2.67. The standard InChI is InChI=1S/C19H22BrN3O4S/c1-27-18-10-2-13(12-17(18)20)3-11-19(24)22-21-14-6-8-16(9-7-14)28(25,26)23-15-4-5-15/h2,6-10,12,15,21,23H,3-5,11H2,1H3,(H,22,24). The van der Waals surface area contributed by atoms with Gasteiger partial charge in [-0.05, 0) is 77.2 Å². The second-order valence-corrected chi connectivity index (χ2v) is 9.13. The summed E-state index contributed by atoms with van der Waals surface area (Å²) >= 11 is 3.43. The van der Waals surface area contributed by atoms with E-state index in [0.29, 0.717) is 18.5 Å². The minimum Gasteiger partial charge on any atom is -0.496 e. The minimum atomic E-state index is -3.47. The lowest BCUT2D eigenvalue weighted by molar-refractivity contribution is -0.120. The molecule has 0 spiro atoms. The Morgan fingerprint density at radius 3 is 2.50 bits per heavy atom. The highest BCUT2D eigenvalue weighted by atomic mass is 79.9. The molecule has 2 aromatic carbocycles. The van der Waals surface area contributed by atoms with E-state index in [1.165, 1.54) is 12.1 Å². The Kier molecular flexibility index (Phi) is 6.58. The fourth-order valence-electron chi connectivity index (χ4n) is 2.53. The Morgan fingerprint density at radius 1 is 1.18 bits per heavy atom. The van der Waals surface area contributed by atoms with Gasteiger partial charge in [-0.3, -0.25) is 15.6 Å². The molecule has 0 bridgehead atoms. The number of hydrogen-bond donors (Lipinski definition) is 3. The number of methoxy groups -OCH3 is 1. The van der Waals surface area contributed by atoms with Crippen molar-refractivity contribution in [1.29, 1.82) is 0 Å². The molecule has 0 aliphatic heterocycles. The monoisotopic (exact) mass is 467 g/mol. The van der Waals surface area contributed by atoms with Crippen LogP contribution in [-0.2, 0) is 21.2 Å². The normalized spacial score (nSPS) is 13.8. The third-order valence-corrected chi connectivity index (χ3v) is 6.42. The number of amides is 1. The third kappa shape index (κ3) is 5.70. The molecule has 1 aliphatic carbocycles. The zero-order valence-corrected chi connectivity index (χ0v) is 17.8.